The van der Waals surface area contributed by atoms with E-state index in [0.717, 1.165) is 0 Å². The van der Waals surface area contributed by atoms with Crippen molar-refractivity contribution in [3.05, 3.63) is 0 Å². The second-order valence-corrected chi connectivity index (χ2v) is 10.8. The van der Waals surface area contributed by atoms with Crippen LogP contribution in [0.25, 0.3) is 0 Å². The van der Waals surface area contributed by atoms with Gasteiger partial charge in [-0.15, -0.1) is 0 Å². The van der Waals surface area contributed by atoms with E-state index in [-0.39, 0.29) is 0 Å². The highest BCUT2D eigenvalue weighted by Crippen LogP contribution is 2.61. The predicted octanol–water partition coefficient (Wildman–Crippen LogP) is 2.58. The Hall–Kier alpha value is 0.570. The summed E-state index contributed by atoms with van der Waals surface area (Å²) in [4.78, 5) is 0. The first-order chi connectivity index (χ1) is 10.5. The predicted molar refractivity (Wildman–Crippen MR) is 88.3 cm³/mol. The van der Waals surface area contributed by atoms with Crippen LogP contribution < -0.4 is 5.09 Å². The molecule has 1 heterocycles. The van der Waals surface area contributed by atoms with E-state index in [1.807, 2.05) is 4.67 Å². The number of nitrogens with one attached hydrogen (secondary N) is 1. The first-order valence-corrected chi connectivity index (χ1v) is 12.0. The van der Waals surface area contributed by atoms with Gasteiger partial charge in [-0.05, 0) is 13.8 Å². The summed E-state index contributed by atoms with van der Waals surface area (Å²) in [6.07, 6.45) is 0. The molecule has 1 fully saturated rings. The van der Waals surface area contributed by atoms with E-state index < -0.39 is 14.5 Å². The molecule has 22 heavy (non-hydrogen) atoms. The monoisotopic (exact) mass is 376 g/mol. The van der Waals surface area contributed by atoms with Crippen LogP contribution in [0.2, 0.25) is 0 Å². The second kappa shape index (κ2) is 10.4. The Morgan fingerprint density at radius 1 is 1.18 bits per heavy atom. The average molecular weight is 376 g/mol. The van der Waals surface area contributed by atoms with Crippen LogP contribution in [0.15, 0.2) is 0 Å². The number of morpholine rings is 1. The number of rotatable bonds is 11. The Kier molecular flexibility index (Phi) is 9.78. The van der Waals surface area contributed by atoms with Crippen molar-refractivity contribution in [1.82, 2.24) is 9.76 Å². The third kappa shape index (κ3) is 6.59. The molecule has 1 saturated heterocycles. The molecule has 132 valence electrons. The SMILES string of the molecule is CCOP(=O)(NCCSP(=O)(OC)N1CCOCC1)OCC. The molecule has 0 saturated carbocycles. The first-order valence-electron chi connectivity index (χ1n) is 7.27. The van der Waals surface area contributed by atoms with Crippen LogP contribution in [-0.4, -0.2) is 63.6 Å². The van der Waals surface area contributed by atoms with E-state index >= 15 is 0 Å². The highest BCUT2D eigenvalue weighted by Gasteiger charge is 2.33. The van der Waals surface area contributed by atoms with Gasteiger partial charge in [0.15, 0.2) is 0 Å². The minimum atomic E-state index is -3.27. The van der Waals surface area contributed by atoms with Gasteiger partial charge in [-0.25, -0.2) is 14.3 Å². The van der Waals surface area contributed by atoms with Crippen LogP contribution in [0.5, 0.6) is 0 Å². The van der Waals surface area contributed by atoms with Crippen LogP contribution in [0, 0.1) is 0 Å². The van der Waals surface area contributed by atoms with E-state index in [4.69, 9.17) is 18.3 Å². The van der Waals surface area contributed by atoms with Crippen LogP contribution >= 0.6 is 25.8 Å². The molecule has 1 aliphatic heterocycles. The Bertz CT molecular complexity index is 398. The van der Waals surface area contributed by atoms with E-state index in [1.54, 1.807) is 13.8 Å². The molecule has 8 nitrogen and oxygen atoms in total. The zero-order chi connectivity index (χ0) is 16.5. The smallest absolute Gasteiger partial charge is 0.379 e. The van der Waals surface area contributed by atoms with Gasteiger partial charge in [0.1, 0.15) is 0 Å². The maximum Gasteiger partial charge on any atom is 0.405 e. The van der Waals surface area contributed by atoms with Crippen molar-refractivity contribution in [2.24, 2.45) is 0 Å². The highest BCUT2D eigenvalue weighted by atomic mass is 32.7. The first kappa shape index (κ1) is 20.6. The number of ether oxygens (including phenoxy) is 1. The van der Waals surface area contributed by atoms with Gasteiger partial charge in [0.25, 0.3) is 0 Å². The normalized spacial score (nSPS) is 20.0. The zero-order valence-corrected chi connectivity index (χ0v) is 16.0. The van der Waals surface area contributed by atoms with Crippen LogP contribution in [-0.2, 0) is 27.4 Å². The van der Waals surface area contributed by atoms with Gasteiger partial charge in [-0.1, -0.05) is 11.4 Å². The summed E-state index contributed by atoms with van der Waals surface area (Å²) in [7, 11) is -1.82. The third-order valence-electron chi connectivity index (χ3n) is 2.82. The van der Waals surface area contributed by atoms with Crippen LogP contribution in [0.1, 0.15) is 13.8 Å². The fourth-order valence-corrected chi connectivity index (χ4v) is 7.17. The summed E-state index contributed by atoms with van der Waals surface area (Å²) in [5.41, 5.74) is 0. The van der Waals surface area contributed by atoms with Gasteiger partial charge >= 0.3 is 14.5 Å². The lowest BCUT2D eigenvalue weighted by atomic mass is 10.5. The van der Waals surface area contributed by atoms with Gasteiger partial charge in [0.05, 0.1) is 26.4 Å². The lowest BCUT2D eigenvalue weighted by molar-refractivity contribution is 0.0682. The van der Waals surface area contributed by atoms with Crippen molar-refractivity contribution < 1.29 is 27.4 Å². The quantitative estimate of drug-likeness (QED) is 0.432. The number of nitrogens with zero attached hydrogens (tertiary/aromatic N) is 1. The third-order valence-corrected chi connectivity index (χ3v) is 9.57. The molecule has 0 bridgehead atoms. The summed E-state index contributed by atoms with van der Waals surface area (Å²) in [5, 5.41) is 2.77. The second-order valence-electron chi connectivity index (χ2n) is 4.29. The van der Waals surface area contributed by atoms with Crippen LogP contribution in [0.4, 0.5) is 0 Å². The number of hydrogen-bond acceptors (Lipinski definition) is 7. The maximum absolute atomic E-state index is 12.8. The fraction of sp³-hybridized carbons (Fsp3) is 1.00. The number of hydrogen-bond donors (Lipinski definition) is 1. The molecule has 11 heteroatoms. The molecule has 0 amide bonds. The Morgan fingerprint density at radius 2 is 1.77 bits per heavy atom. The molecule has 1 atom stereocenters. The standard InChI is InChI=1S/C11H26N2O6P2S/c1-4-18-20(14,19-5-2)12-6-11-22-21(15,16-3)13-7-9-17-10-8-13/h4-11H2,1-3H3,(H,12,14). The molecule has 1 aliphatic rings. The lowest BCUT2D eigenvalue weighted by Gasteiger charge is -2.32. The van der Waals surface area contributed by atoms with E-state index in [2.05, 4.69) is 5.09 Å². The molecule has 0 radical (unpaired) electrons. The van der Waals surface area contributed by atoms with Crippen molar-refractivity contribution in [1.29, 1.82) is 0 Å². The molecule has 0 aromatic rings. The Morgan fingerprint density at radius 3 is 2.27 bits per heavy atom. The summed E-state index contributed by atoms with van der Waals surface area (Å²) < 4.78 is 47.5. The molecule has 1 unspecified atom stereocenters. The van der Waals surface area contributed by atoms with Gasteiger partial charge in [-0.2, -0.15) is 0 Å². The molecular weight excluding hydrogens is 350 g/mol. The fourth-order valence-electron chi connectivity index (χ4n) is 1.86. The molecular formula is C11H26N2O6P2S. The van der Waals surface area contributed by atoms with E-state index in [0.29, 0.717) is 51.8 Å². The molecule has 0 aromatic heterocycles. The summed E-state index contributed by atoms with van der Waals surface area (Å²) in [5.74, 6) is 0.465. The molecule has 0 aliphatic carbocycles. The molecule has 0 aromatic carbocycles. The molecule has 1 N–H and O–H groups in total. The largest absolute Gasteiger partial charge is 0.405 e. The van der Waals surface area contributed by atoms with Gasteiger partial charge < -0.3 is 9.26 Å². The van der Waals surface area contributed by atoms with Crippen molar-refractivity contribution >= 4 is 25.8 Å². The van der Waals surface area contributed by atoms with Gasteiger partial charge in [0, 0.05) is 32.5 Å². The Labute approximate surface area is 136 Å². The topological polar surface area (TPSA) is 86.3 Å². The highest BCUT2D eigenvalue weighted by molar-refractivity contribution is 8.55. The maximum atomic E-state index is 12.8. The van der Waals surface area contributed by atoms with Crippen molar-refractivity contribution in [3.8, 4) is 0 Å². The van der Waals surface area contributed by atoms with Crippen molar-refractivity contribution in [2.75, 3.05) is 58.9 Å². The summed E-state index contributed by atoms with van der Waals surface area (Å²) in [6, 6.07) is 0. The Balaban J connectivity index is 2.43. The summed E-state index contributed by atoms with van der Waals surface area (Å²) in [6.45, 7) is 3.78. The lowest BCUT2D eigenvalue weighted by Crippen LogP contribution is -2.33. The minimum absolute atomic E-state index is 0.293. The van der Waals surface area contributed by atoms with E-state index in [9.17, 15) is 9.13 Å². The van der Waals surface area contributed by atoms with Gasteiger partial charge in [0.2, 0.25) is 0 Å². The molecule has 1 rings (SSSR count). The van der Waals surface area contributed by atoms with E-state index in [1.165, 1.54) is 18.5 Å². The van der Waals surface area contributed by atoms with Crippen LogP contribution in [0.3, 0.4) is 0 Å². The summed E-state index contributed by atoms with van der Waals surface area (Å²) >= 11 is 1.22. The average Bonchev–Trinajstić information content (AvgIpc) is 2.53. The van der Waals surface area contributed by atoms with Crippen molar-refractivity contribution in [3.63, 3.8) is 0 Å². The van der Waals surface area contributed by atoms with Crippen molar-refractivity contribution in [2.45, 2.75) is 13.8 Å². The molecule has 0 spiro atoms. The van der Waals surface area contributed by atoms with Gasteiger partial charge in [-0.3, -0.25) is 13.6 Å². The zero-order valence-electron chi connectivity index (χ0n) is 13.4. The minimum Gasteiger partial charge on any atom is -0.379 e.